The average molecular weight is 289 g/mol. The van der Waals surface area contributed by atoms with Gasteiger partial charge in [0.15, 0.2) is 0 Å². The van der Waals surface area contributed by atoms with Gasteiger partial charge in [-0.15, -0.1) is 0 Å². The lowest BCUT2D eigenvalue weighted by atomic mass is 9.89. The van der Waals surface area contributed by atoms with Crippen molar-refractivity contribution in [3.05, 3.63) is 24.3 Å². The Hall–Kier alpha value is -1.55. The molecule has 4 heteroatoms. The predicted octanol–water partition coefficient (Wildman–Crippen LogP) is 2.74. The molecule has 1 fully saturated rings. The van der Waals surface area contributed by atoms with Crippen molar-refractivity contribution >= 4 is 17.3 Å². The van der Waals surface area contributed by atoms with Gasteiger partial charge in [-0.3, -0.25) is 9.69 Å². The number of amides is 1. The van der Waals surface area contributed by atoms with E-state index in [1.807, 2.05) is 38.4 Å². The van der Waals surface area contributed by atoms with Gasteiger partial charge in [0.05, 0.1) is 6.54 Å². The van der Waals surface area contributed by atoms with Gasteiger partial charge in [0.25, 0.3) is 0 Å². The van der Waals surface area contributed by atoms with Crippen LogP contribution in [0.5, 0.6) is 0 Å². The molecule has 1 aromatic carbocycles. The molecule has 0 atom stereocenters. The molecule has 2 N–H and O–H groups in total. The van der Waals surface area contributed by atoms with Crippen molar-refractivity contribution in [3.8, 4) is 0 Å². The Balaban J connectivity index is 1.83. The molecule has 0 unspecified atom stereocenters. The van der Waals surface area contributed by atoms with E-state index in [1.165, 1.54) is 32.1 Å². The molecule has 0 aliphatic heterocycles. The van der Waals surface area contributed by atoms with Crippen LogP contribution in [0.3, 0.4) is 0 Å². The Morgan fingerprint density at radius 3 is 2.38 bits per heavy atom. The quantitative estimate of drug-likeness (QED) is 0.848. The minimum absolute atomic E-state index is 0.123. The van der Waals surface area contributed by atoms with E-state index in [0.717, 1.165) is 18.2 Å². The summed E-state index contributed by atoms with van der Waals surface area (Å²) in [4.78, 5) is 16.2. The van der Waals surface area contributed by atoms with Crippen molar-refractivity contribution in [2.24, 2.45) is 5.92 Å². The number of rotatable bonds is 5. The Kier molecular flexibility index (Phi) is 5.62. The zero-order valence-corrected chi connectivity index (χ0v) is 13.2. The second-order valence-electron chi connectivity index (χ2n) is 6.25. The molecule has 1 aromatic rings. The van der Waals surface area contributed by atoms with Gasteiger partial charge in [0.2, 0.25) is 5.91 Å². The fourth-order valence-corrected chi connectivity index (χ4v) is 3.05. The molecule has 1 aliphatic carbocycles. The number of likely N-dealkylation sites (N-methyl/N-ethyl adjacent to an activating group) is 2. The van der Waals surface area contributed by atoms with Crippen molar-refractivity contribution < 1.29 is 4.79 Å². The van der Waals surface area contributed by atoms with Gasteiger partial charge >= 0.3 is 0 Å². The van der Waals surface area contributed by atoms with Crippen molar-refractivity contribution in [1.82, 2.24) is 4.90 Å². The molecule has 0 radical (unpaired) electrons. The highest BCUT2D eigenvalue weighted by atomic mass is 16.2. The van der Waals surface area contributed by atoms with Crippen molar-refractivity contribution in [2.75, 3.05) is 37.8 Å². The topological polar surface area (TPSA) is 49.6 Å². The average Bonchev–Trinajstić information content (AvgIpc) is 2.48. The number of carbonyl (C=O) groups excluding carboxylic acids is 1. The number of benzene rings is 1. The van der Waals surface area contributed by atoms with Gasteiger partial charge in [-0.1, -0.05) is 19.3 Å². The van der Waals surface area contributed by atoms with Crippen LogP contribution in [0.2, 0.25) is 0 Å². The maximum Gasteiger partial charge on any atom is 0.240 e. The van der Waals surface area contributed by atoms with Crippen LogP contribution in [0.4, 0.5) is 11.4 Å². The lowest BCUT2D eigenvalue weighted by Gasteiger charge is -2.28. The number of carbonyl (C=O) groups is 1. The molecule has 2 rings (SSSR count). The second-order valence-corrected chi connectivity index (χ2v) is 6.25. The largest absolute Gasteiger partial charge is 0.399 e. The molecule has 0 saturated heterocycles. The van der Waals surface area contributed by atoms with Crippen molar-refractivity contribution in [2.45, 2.75) is 32.1 Å². The highest BCUT2D eigenvalue weighted by Gasteiger charge is 2.18. The van der Waals surface area contributed by atoms with E-state index in [0.29, 0.717) is 12.2 Å². The van der Waals surface area contributed by atoms with Crippen LogP contribution >= 0.6 is 0 Å². The number of anilines is 2. The van der Waals surface area contributed by atoms with Crippen LogP contribution in [0.1, 0.15) is 32.1 Å². The molecule has 1 aliphatic rings. The summed E-state index contributed by atoms with van der Waals surface area (Å²) in [5.41, 5.74) is 7.28. The van der Waals surface area contributed by atoms with Crippen LogP contribution in [-0.4, -0.2) is 38.0 Å². The standard InChI is InChI=1S/C17H27N3O/c1-19(12-14-6-4-3-5-7-14)13-17(21)20(2)16-10-8-15(18)9-11-16/h8-11,14H,3-7,12-13,18H2,1-2H3. The van der Waals surface area contributed by atoms with Gasteiger partial charge < -0.3 is 10.6 Å². The third-order valence-corrected chi connectivity index (χ3v) is 4.35. The number of hydrogen-bond donors (Lipinski definition) is 1. The summed E-state index contributed by atoms with van der Waals surface area (Å²) in [6.07, 6.45) is 6.69. The summed E-state index contributed by atoms with van der Waals surface area (Å²) in [6, 6.07) is 7.42. The van der Waals surface area contributed by atoms with E-state index in [-0.39, 0.29) is 5.91 Å². The molecule has 0 aromatic heterocycles. The highest BCUT2D eigenvalue weighted by Crippen LogP contribution is 2.24. The molecule has 1 saturated carbocycles. The number of hydrogen-bond acceptors (Lipinski definition) is 3. The molecule has 1 amide bonds. The fourth-order valence-electron chi connectivity index (χ4n) is 3.05. The van der Waals surface area contributed by atoms with E-state index < -0.39 is 0 Å². The van der Waals surface area contributed by atoms with Crippen molar-refractivity contribution in [3.63, 3.8) is 0 Å². The second kappa shape index (κ2) is 7.46. The summed E-state index contributed by atoms with van der Waals surface area (Å²) < 4.78 is 0. The molecule has 21 heavy (non-hydrogen) atoms. The highest BCUT2D eigenvalue weighted by molar-refractivity contribution is 5.94. The summed E-state index contributed by atoms with van der Waals surface area (Å²) in [5.74, 6) is 0.886. The summed E-state index contributed by atoms with van der Waals surface area (Å²) in [6.45, 7) is 1.50. The Bertz CT molecular complexity index is 452. The Morgan fingerprint density at radius 2 is 1.76 bits per heavy atom. The van der Waals surface area contributed by atoms with Crippen LogP contribution in [0.15, 0.2) is 24.3 Å². The third kappa shape index (κ3) is 4.74. The van der Waals surface area contributed by atoms with Crippen LogP contribution < -0.4 is 10.6 Å². The molecule has 0 bridgehead atoms. The first kappa shape index (κ1) is 15.8. The summed E-state index contributed by atoms with van der Waals surface area (Å²) >= 11 is 0. The first-order valence-corrected chi connectivity index (χ1v) is 7.87. The van der Waals surface area contributed by atoms with E-state index >= 15 is 0 Å². The van der Waals surface area contributed by atoms with E-state index in [9.17, 15) is 4.79 Å². The summed E-state index contributed by atoms with van der Waals surface area (Å²) in [5, 5.41) is 0. The maximum atomic E-state index is 12.3. The molecular formula is C17H27N3O. The van der Waals surface area contributed by atoms with E-state index in [1.54, 1.807) is 4.90 Å². The van der Waals surface area contributed by atoms with Gasteiger partial charge in [0.1, 0.15) is 0 Å². The molecule has 116 valence electrons. The minimum atomic E-state index is 0.123. The van der Waals surface area contributed by atoms with Gasteiger partial charge in [-0.2, -0.15) is 0 Å². The first-order chi connectivity index (χ1) is 10.1. The normalized spacial score (nSPS) is 16.1. The van der Waals surface area contributed by atoms with Gasteiger partial charge in [-0.05, 0) is 50.1 Å². The molecular weight excluding hydrogens is 262 g/mol. The lowest BCUT2D eigenvalue weighted by molar-refractivity contribution is -0.119. The molecule has 0 heterocycles. The Morgan fingerprint density at radius 1 is 1.14 bits per heavy atom. The van der Waals surface area contributed by atoms with Crippen LogP contribution in [0, 0.1) is 5.92 Å². The zero-order valence-electron chi connectivity index (χ0n) is 13.2. The van der Waals surface area contributed by atoms with Crippen LogP contribution in [0.25, 0.3) is 0 Å². The fraction of sp³-hybridized carbons (Fsp3) is 0.588. The lowest BCUT2D eigenvalue weighted by Crippen LogP contribution is -2.38. The monoisotopic (exact) mass is 289 g/mol. The number of nitrogens with zero attached hydrogens (tertiary/aromatic N) is 2. The number of nitrogen functional groups attached to an aromatic ring is 1. The molecule has 4 nitrogen and oxygen atoms in total. The van der Waals surface area contributed by atoms with Gasteiger partial charge in [-0.25, -0.2) is 0 Å². The van der Waals surface area contributed by atoms with Crippen LogP contribution in [-0.2, 0) is 4.79 Å². The smallest absolute Gasteiger partial charge is 0.240 e. The maximum absolute atomic E-state index is 12.3. The number of nitrogens with two attached hydrogens (primary N) is 1. The SMILES string of the molecule is CN(CC(=O)N(C)c1ccc(N)cc1)CC1CCCCC1. The zero-order chi connectivity index (χ0) is 15.2. The first-order valence-electron chi connectivity index (χ1n) is 7.87. The Labute approximate surface area is 127 Å². The summed E-state index contributed by atoms with van der Waals surface area (Å²) in [7, 11) is 3.87. The third-order valence-electron chi connectivity index (χ3n) is 4.35. The van der Waals surface area contributed by atoms with Gasteiger partial charge in [0, 0.05) is 25.0 Å². The predicted molar refractivity (Wildman–Crippen MR) is 88.3 cm³/mol. The molecule has 0 spiro atoms. The minimum Gasteiger partial charge on any atom is -0.399 e. The van der Waals surface area contributed by atoms with E-state index in [2.05, 4.69) is 4.90 Å². The van der Waals surface area contributed by atoms with Crippen molar-refractivity contribution in [1.29, 1.82) is 0 Å². The van der Waals surface area contributed by atoms with E-state index in [4.69, 9.17) is 5.73 Å².